The summed E-state index contributed by atoms with van der Waals surface area (Å²) in [5.41, 5.74) is 1.97. The maximum absolute atomic E-state index is 12.7. The molecular weight excluding hydrogens is 314 g/mol. The van der Waals surface area contributed by atoms with E-state index < -0.39 is 0 Å². The smallest absolute Gasteiger partial charge is 0.239 e. The van der Waals surface area contributed by atoms with Gasteiger partial charge in [0.1, 0.15) is 0 Å². The van der Waals surface area contributed by atoms with Crippen LogP contribution in [0.3, 0.4) is 0 Å². The monoisotopic (exact) mass is 343 g/mol. The quantitative estimate of drug-likeness (QED) is 0.748. The molecule has 1 aromatic rings. The molecule has 1 aliphatic rings. The molecule has 0 bridgehead atoms. The number of nitrogens with zero attached hydrogens (tertiary/aromatic N) is 1. The Morgan fingerprint density at radius 2 is 2.12 bits per heavy atom. The molecule has 25 heavy (non-hydrogen) atoms. The molecule has 3 atom stereocenters. The number of para-hydroxylation sites is 1. The van der Waals surface area contributed by atoms with Crippen molar-refractivity contribution in [2.45, 2.75) is 51.6 Å². The lowest BCUT2D eigenvalue weighted by Crippen LogP contribution is -2.47. The molecular formula is C20H29N3O2. The number of carbonyl (C=O) groups excluding carboxylic acids is 2. The van der Waals surface area contributed by atoms with Gasteiger partial charge >= 0.3 is 0 Å². The van der Waals surface area contributed by atoms with E-state index in [4.69, 9.17) is 0 Å². The molecule has 2 amide bonds. The van der Waals surface area contributed by atoms with Gasteiger partial charge in [-0.1, -0.05) is 31.2 Å². The summed E-state index contributed by atoms with van der Waals surface area (Å²) in [6.07, 6.45) is 3.28. The number of fused-ring (bicyclic) bond motifs is 1. The highest BCUT2D eigenvalue weighted by atomic mass is 16.2. The minimum Gasteiger partial charge on any atom is -0.359 e. The van der Waals surface area contributed by atoms with Crippen molar-refractivity contribution in [2.24, 2.45) is 0 Å². The number of benzene rings is 1. The summed E-state index contributed by atoms with van der Waals surface area (Å²) in [4.78, 5) is 27.0. The lowest BCUT2D eigenvalue weighted by atomic mass is 9.85. The predicted octanol–water partition coefficient (Wildman–Crippen LogP) is 2.59. The third-order valence-corrected chi connectivity index (χ3v) is 4.81. The summed E-state index contributed by atoms with van der Waals surface area (Å²) in [5.74, 6) is -0.138. The van der Waals surface area contributed by atoms with Gasteiger partial charge in [-0.15, -0.1) is 6.58 Å². The highest BCUT2D eigenvalue weighted by Gasteiger charge is 2.34. The number of hydrogen-bond acceptors (Lipinski definition) is 3. The lowest BCUT2D eigenvalue weighted by Gasteiger charge is -2.40. The van der Waals surface area contributed by atoms with Gasteiger partial charge in [-0.25, -0.2) is 0 Å². The Hall–Kier alpha value is -2.30. The first-order valence-corrected chi connectivity index (χ1v) is 9.01. The molecule has 2 rings (SSSR count). The molecule has 1 aliphatic heterocycles. The molecule has 2 N–H and O–H groups in total. The third kappa shape index (κ3) is 4.62. The Kier molecular flexibility index (Phi) is 6.62. The molecule has 0 spiro atoms. The van der Waals surface area contributed by atoms with Crippen LogP contribution in [0, 0.1) is 0 Å². The van der Waals surface area contributed by atoms with Crippen molar-refractivity contribution in [1.82, 2.24) is 10.6 Å². The van der Waals surface area contributed by atoms with Gasteiger partial charge in [-0.05, 0) is 38.3 Å². The van der Waals surface area contributed by atoms with Gasteiger partial charge in [-0.2, -0.15) is 0 Å². The van der Waals surface area contributed by atoms with Gasteiger partial charge in [-0.3, -0.25) is 9.59 Å². The van der Waals surface area contributed by atoms with Crippen molar-refractivity contribution >= 4 is 17.5 Å². The Labute approximate surface area is 150 Å². The van der Waals surface area contributed by atoms with Gasteiger partial charge in [0.15, 0.2) is 0 Å². The van der Waals surface area contributed by atoms with Gasteiger partial charge in [0, 0.05) is 24.3 Å². The van der Waals surface area contributed by atoms with Crippen LogP contribution in [-0.2, 0) is 9.59 Å². The molecule has 0 fully saturated rings. The molecule has 0 aliphatic carbocycles. The van der Waals surface area contributed by atoms with Crippen LogP contribution in [-0.4, -0.2) is 37.0 Å². The summed E-state index contributed by atoms with van der Waals surface area (Å²) < 4.78 is 0. The van der Waals surface area contributed by atoms with Crippen LogP contribution in [0.2, 0.25) is 0 Å². The minimum atomic E-state index is -0.173. The maximum atomic E-state index is 12.7. The topological polar surface area (TPSA) is 61.4 Å². The van der Waals surface area contributed by atoms with Crippen LogP contribution in [0.25, 0.3) is 0 Å². The molecule has 0 saturated heterocycles. The summed E-state index contributed by atoms with van der Waals surface area (Å²) >= 11 is 0. The zero-order valence-electron chi connectivity index (χ0n) is 15.4. The molecule has 0 radical (unpaired) electrons. The van der Waals surface area contributed by atoms with Crippen LogP contribution in [0.5, 0.6) is 0 Å². The number of anilines is 1. The maximum Gasteiger partial charge on any atom is 0.239 e. The van der Waals surface area contributed by atoms with Crippen molar-refractivity contribution in [3.8, 4) is 0 Å². The van der Waals surface area contributed by atoms with Gasteiger partial charge in [0.05, 0.1) is 12.5 Å². The van der Waals surface area contributed by atoms with Crippen molar-refractivity contribution < 1.29 is 9.59 Å². The average molecular weight is 343 g/mol. The Bertz CT molecular complexity index is 629. The third-order valence-electron chi connectivity index (χ3n) is 4.81. The van der Waals surface area contributed by atoms with Crippen molar-refractivity contribution in [3.63, 3.8) is 0 Å². The number of rotatable bonds is 7. The first-order chi connectivity index (χ1) is 12.0. The van der Waals surface area contributed by atoms with E-state index >= 15 is 0 Å². The fourth-order valence-electron chi connectivity index (χ4n) is 3.21. The molecule has 1 aromatic carbocycles. The second-order valence-electron chi connectivity index (χ2n) is 6.73. The van der Waals surface area contributed by atoms with Crippen LogP contribution < -0.4 is 15.5 Å². The summed E-state index contributed by atoms with van der Waals surface area (Å²) in [6.45, 7) is 10.5. The largest absolute Gasteiger partial charge is 0.359 e. The fourth-order valence-corrected chi connectivity index (χ4v) is 3.21. The van der Waals surface area contributed by atoms with Crippen LogP contribution in [0.4, 0.5) is 5.69 Å². The van der Waals surface area contributed by atoms with Crippen molar-refractivity contribution in [1.29, 1.82) is 0 Å². The summed E-state index contributed by atoms with van der Waals surface area (Å²) in [5, 5.41) is 5.92. The lowest BCUT2D eigenvalue weighted by molar-refractivity contribution is -0.123. The predicted molar refractivity (Wildman–Crippen MR) is 102 cm³/mol. The van der Waals surface area contributed by atoms with Crippen LogP contribution >= 0.6 is 0 Å². The zero-order valence-corrected chi connectivity index (χ0v) is 15.4. The first-order valence-electron chi connectivity index (χ1n) is 9.01. The van der Waals surface area contributed by atoms with Crippen LogP contribution in [0.15, 0.2) is 36.9 Å². The second-order valence-corrected chi connectivity index (χ2v) is 6.73. The highest BCUT2D eigenvalue weighted by molar-refractivity contribution is 5.88. The van der Waals surface area contributed by atoms with Crippen molar-refractivity contribution in [3.05, 3.63) is 42.5 Å². The standard InChI is InChI=1S/C20H29N3O2/c1-5-11-21-19(24)13-23-15(4)12-17(20(25)22-14(3)6-2)16-9-7-8-10-18(16)23/h5,7-10,14-15,17H,1,6,11-13H2,2-4H3,(H,21,24)(H,22,25)/t14-,15+,17+/m0/s1. The zero-order chi connectivity index (χ0) is 18.4. The van der Waals surface area contributed by atoms with Crippen LogP contribution in [0.1, 0.15) is 45.1 Å². The minimum absolute atomic E-state index is 0.0379. The second kappa shape index (κ2) is 8.70. The molecule has 1 heterocycles. The molecule has 0 aromatic heterocycles. The van der Waals surface area contributed by atoms with Gasteiger partial charge < -0.3 is 15.5 Å². The van der Waals surface area contributed by atoms with E-state index in [0.717, 1.165) is 17.7 Å². The number of hydrogen-bond donors (Lipinski definition) is 2. The van der Waals surface area contributed by atoms with Gasteiger partial charge in [0.25, 0.3) is 0 Å². The molecule has 0 saturated carbocycles. The van der Waals surface area contributed by atoms with E-state index in [9.17, 15) is 9.59 Å². The van der Waals surface area contributed by atoms with E-state index in [1.807, 2.05) is 31.2 Å². The first kappa shape index (κ1) is 19.0. The number of nitrogens with one attached hydrogen (secondary N) is 2. The van der Waals surface area contributed by atoms with E-state index in [2.05, 4.69) is 36.0 Å². The summed E-state index contributed by atoms with van der Waals surface area (Å²) in [6, 6.07) is 8.17. The molecule has 5 nitrogen and oxygen atoms in total. The van der Waals surface area contributed by atoms with Gasteiger partial charge in [0.2, 0.25) is 11.8 Å². The highest BCUT2D eigenvalue weighted by Crippen LogP contribution is 2.38. The normalized spacial score (nSPS) is 20.4. The van der Waals surface area contributed by atoms with E-state index in [0.29, 0.717) is 13.0 Å². The van der Waals surface area contributed by atoms with E-state index in [-0.39, 0.29) is 36.4 Å². The SMILES string of the molecule is C=CCNC(=O)CN1c2ccccc2[C@H](C(=O)N[C@@H](C)CC)C[C@H]1C. The Balaban J connectivity index is 2.22. The Morgan fingerprint density at radius 3 is 2.80 bits per heavy atom. The average Bonchev–Trinajstić information content (AvgIpc) is 2.61. The summed E-state index contributed by atoms with van der Waals surface area (Å²) in [7, 11) is 0. The Morgan fingerprint density at radius 1 is 1.40 bits per heavy atom. The molecule has 0 unspecified atom stereocenters. The number of carbonyl (C=O) groups is 2. The molecule has 136 valence electrons. The van der Waals surface area contributed by atoms with E-state index in [1.54, 1.807) is 6.08 Å². The molecule has 5 heteroatoms. The number of amides is 2. The van der Waals surface area contributed by atoms with Crippen molar-refractivity contribution in [2.75, 3.05) is 18.0 Å². The van der Waals surface area contributed by atoms with E-state index in [1.165, 1.54) is 0 Å². The fraction of sp³-hybridized carbons (Fsp3) is 0.500.